The molecule has 0 aliphatic heterocycles. The summed E-state index contributed by atoms with van der Waals surface area (Å²) in [5.74, 6) is 0. The first kappa shape index (κ1) is 11.1. The van der Waals surface area contributed by atoms with Crippen molar-refractivity contribution in [2.75, 3.05) is 6.61 Å². The molecule has 0 saturated carbocycles. The maximum Gasteiger partial charge on any atom is 0.121 e. The SMILES string of the molecule is CCC(CCO)NCc1nonc1C. The standard InChI is InChI=1S/C9H17N3O2/c1-3-8(4-5-13)10-6-9-7(2)11-14-12-9/h8,10,13H,3-6H2,1-2H3. The van der Waals surface area contributed by atoms with Crippen LogP contribution in [-0.4, -0.2) is 28.1 Å². The number of aliphatic hydroxyl groups excluding tert-OH is 1. The molecule has 1 aromatic rings. The summed E-state index contributed by atoms with van der Waals surface area (Å²) in [7, 11) is 0. The Morgan fingerprint density at radius 1 is 1.50 bits per heavy atom. The summed E-state index contributed by atoms with van der Waals surface area (Å²) in [5, 5.41) is 19.5. The maximum atomic E-state index is 8.79. The first-order chi connectivity index (χ1) is 6.77. The van der Waals surface area contributed by atoms with Gasteiger partial charge in [0, 0.05) is 19.2 Å². The highest BCUT2D eigenvalue weighted by Gasteiger charge is 2.08. The summed E-state index contributed by atoms with van der Waals surface area (Å²) < 4.78 is 4.58. The molecule has 0 aromatic carbocycles. The largest absolute Gasteiger partial charge is 0.396 e. The van der Waals surface area contributed by atoms with Crippen LogP contribution in [0.4, 0.5) is 0 Å². The second kappa shape index (κ2) is 5.72. The molecule has 1 aromatic heterocycles. The van der Waals surface area contributed by atoms with Gasteiger partial charge in [0.1, 0.15) is 11.4 Å². The fourth-order valence-electron chi connectivity index (χ4n) is 1.26. The Kier molecular flexibility index (Phi) is 4.55. The lowest BCUT2D eigenvalue weighted by Gasteiger charge is -2.14. The highest BCUT2D eigenvalue weighted by Crippen LogP contribution is 2.02. The van der Waals surface area contributed by atoms with E-state index in [1.165, 1.54) is 0 Å². The van der Waals surface area contributed by atoms with Crippen molar-refractivity contribution in [1.29, 1.82) is 0 Å². The van der Waals surface area contributed by atoms with E-state index in [0.29, 0.717) is 12.6 Å². The Bertz CT molecular complexity index is 262. The monoisotopic (exact) mass is 199 g/mol. The van der Waals surface area contributed by atoms with Gasteiger partial charge in [-0.2, -0.15) is 0 Å². The van der Waals surface area contributed by atoms with Crippen LogP contribution in [0, 0.1) is 6.92 Å². The zero-order chi connectivity index (χ0) is 10.4. The summed E-state index contributed by atoms with van der Waals surface area (Å²) in [4.78, 5) is 0. The van der Waals surface area contributed by atoms with Gasteiger partial charge in [0.2, 0.25) is 0 Å². The molecule has 1 rings (SSSR count). The van der Waals surface area contributed by atoms with Gasteiger partial charge in [-0.15, -0.1) is 0 Å². The van der Waals surface area contributed by atoms with Crippen LogP contribution >= 0.6 is 0 Å². The summed E-state index contributed by atoms with van der Waals surface area (Å²) in [6, 6.07) is 0.330. The van der Waals surface area contributed by atoms with Crippen molar-refractivity contribution in [3.8, 4) is 0 Å². The van der Waals surface area contributed by atoms with Crippen molar-refractivity contribution in [2.45, 2.75) is 39.3 Å². The van der Waals surface area contributed by atoms with Crippen molar-refractivity contribution < 1.29 is 9.74 Å². The number of nitrogens with one attached hydrogen (secondary N) is 1. The lowest BCUT2D eigenvalue weighted by Crippen LogP contribution is -2.29. The zero-order valence-electron chi connectivity index (χ0n) is 8.66. The molecule has 5 nitrogen and oxygen atoms in total. The van der Waals surface area contributed by atoms with Crippen LogP contribution in [0.2, 0.25) is 0 Å². The summed E-state index contributed by atoms with van der Waals surface area (Å²) in [6.45, 7) is 4.80. The molecule has 0 fully saturated rings. The second-order valence-electron chi connectivity index (χ2n) is 3.29. The Hall–Kier alpha value is -0.940. The molecule has 0 spiro atoms. The number of aliphatic hydroxyl groups is 1. The van der Waals surface area contributed by atoms with Crippen LogP contribution in [0.15, 0.2) is 4.63 Å². The van der Waals surface area contributed by atoms with Gasteiger partial charge >= 0.3 is 0 Å². The molecular weight excluding hydrogens is 182 g/mol. The van der Waals surface area contributed by atoms with Gasteiger partial charge in [0.15, 0.2) is 0 Å². The lowest BCUT2D eigenvalue weighted by molar-refractivity contribution is 0.260. The van der Waals surface area contributed by atoms with Gasteiger partial charge in [-0.3, -0.25) is 0 Å². The van der Waals surface area contributed by atoms with Gasteiger partial charge in [-0.25, -0.2) is 4.63 Å². The highest BCUT2D eigenvalue weighted by atomic mass is 16.6. The third-order valence-corrected chi connectivity index (χ3v) is 2.27. The van der Waals surface area contributed by atoms with Crippen LogP contribution < -0.4 is 5.32 Å². The molecule has 14 heavy (non-hydrogen) atoms. The molecule has 0 aliphatic rings. The Morgan fingerprint density at radius 2 is 2.29 bits per heavy atom. The molecule has 1 atom stereocenters. The minimum Gasteiger partial charge on any atom is -0.396 e. The number of hydrogen-bond acceptors (Lipinski definition) is 5. The maximum absolute atomic E-state index is 8.79. The fraction of sp³-hybridized carbons (Fsp3) is 0.778. The average molecular weight is 199 g/mol. The Balaban J connectivity index is 2.35. The molecule has 1 unspecified atom stereocenters. The minimum atomic E-state index is 0.210. The third kappa shape index (κ3) is 3.08. The van der Waals surface area contributed by atoms with E-state index in [0.717, 1.165) is 24.2 Å². The Morgan fingerprint density at radius 3 is 2.79 bits per heavy atom. The van der Waals surface area contributed by atoms with Gasteiger partial charge < -0.3 is 10.4 Å². The van der Waals surface area contributed by atoms with Crippen molar-refractivity contribution in [3.05, 3.63) is 11.4 Å². The molecule has 0 aliphatic carbocycles. The summed E-state index contributed by atoms with van der Waals surface area (Å²) in [6.07, 6.45) is 1.76. The normalized spacial score (nSPS) is 13.1. The molecule has 1 heterocycles. The van der Waals surface area contributed by atoms with Crippen molar-refractivity contribution in [1.82, 2.24) is 15.6 Å². The van der Waals surface area contributed by atoms with Crippen LogP contribution in [-0.2, 0) is 6.54 Å². The minimum absolute atomic E-state index is 0.210. The Labute approximate surface area is 83.5 Å². The van der Waals surface area contributed by atoms with Crippen LogP contribution in [0.5, 0.6) is 0 Å². The number of rotatable bonds is 6. The summed E-state index contributed by atoms with van der Waals surface area (Å²) in [5.41, 5.74) is 1.65. The summed E-state index contributed by atoms with van der Waals surface area (Å²) >= 11 is 0. The van der Waals surface area contributed by atoms with E-state index in [4.69, 9.17) is 5.11 Å². The molecule has 80 valence electrons. The van der Waals surface area contributed by atoms with Crippen molar-refractivity contribution in [2.24, 2.45) is 0 Å². The molecule has 0 amide bonds. The first-order valence-corrected chi connectivity index (χ1v) is 4.90. The molecule has 0 saturated heterocycles. The van der Waals surface area contributed by atoms with Gasteiger partial charge in [-0.1, -0.05) is 17.2 Å². The van der Waals surface area contributed by atoms with E-state index in [-0.39, 0.29) is 6.61 Å². The topological polar surface area (TPSA) is 71.2 Å². The van der Waals surface area contributed by atoms with Gasteiger partial charge in [0.25, 0.3) is 0 Å². The number of aryl methyl sites for hydroxylation is 1. The smallest absolute Gasteiger partial charge is 0.121 e. The number of nitrogens with zero attached hydrogens (tertiary/aromatic N) is 2. The highest BCUT2D eigenvalue weighted by molar-refractivity contribution is 5.03. The predicted molar refractivity (Wildman–Crippen MR) is 51.7 cm³/mol. The second-order valence-corrected chi connectivity index (χ2v) is 3.29. The van der Waals surface area contributed by atoms with E-state index in [1.807, 2.05) is 6.92 Å². The third-order valence-electron chi connectivity index (χ3n) is 2.27. The van der Waals surface area contributed by atoms with E-state index in [2.05, 4.69) is 27.2 Å². The van der Waals surface area contributed by atoms with Gasteiger partial charge in [0.05, 0.1) is 0 Å². The van der Waals surface area contributed by atoms with E-state index < -0.39 is 0 Å². The first-order valence-electron chi connectivity index (χ1n) is 4.90. The van der Waals surface area contributed by atoms with E-state index in [1.54, 1.807) is 0 Å². The zero-order valence-corrected chi connectivity index (χ0v) is 8.66. The van der Waals surface area contributed by atoms with Crippen molar-refractivity contribution in [3.63, 3.8) is 0 Å². The van der Waals surface area contributed by atoms with Crippen molar-refractivity contribution >= 4 is 0 Å². The van der Waals surface area contributed by atoms with Crippen LogP contribution in [0.3, 0.4) is 0 Å². The lowest BCUT2D eigenvalue weighted by atomic mass is 10.1. The van der Waals surface area contributed by atoms with Crippen LogP contribution in [0.1, 0.15) is 31.2 Å². The average Bonchev–Trinajstić information content (AvgIpc) is 2.59. The molecular formula is C9H17N3O2. The van der Waals surface area contributed by atoms with Gasteiger partial charge in [-0.05, 0) is 19.8 Å². The number of aromatic nitrogens is 2. The predicted octanol–water partition coefficient (Wildman–Crippen LogP) is 0.629. The quantitative estimate of drug-likeness (QED) is 0.703. The fourth-order valence-corrected chi connectivity index (χ4v) is 1.26. The molecule has 2 N–H and O–H groups in total. The number of hydrogen-bond donors (Lipinski definition) is 2. The van der Waals surface area contributed by atoms with E-state index in [9.17, 15) is 0 Å². The molecule has 5 heteroatoms. The molecule has 0 bridgehead atoms. The molecule has 0 radical (unpaired) electrons. The van der Waals surface area contributed by atoms with E-state index >= 15 is 0 Å². The van der Waals surface area contributed by atoms with Crippen LogP contribution in [0.25, 0.3) is 0 Å².